The van der Waals surface area contributed by atoms with Crippen LogP contribution in [0.25, 0.3) is 11.1 Å². The number of amidine groups is 1. The Morgan fingerprint density at radius 1 is 0.963 bits per heavy atom. The summed E-state index contributed by atoms with van der Waals surface area (Å²) in [6.45, 7) is 2.69. The Kier molecular flexibility index (Phi) is 5.71. The van der Waals surface area contributed by atoms with Crippen LogP contribution in [-0.2, 0) is 0 Å². The van der Waals surface area contributed by atoms with Gasteiger partial charge in [0.05, 0.1) is 6.61 Å². The second-order valence-electron chi connectivity index (χ2n) is 6.07. The summed E-state index contributed by atoms with van der Waals surface area (Å²) in [4.78, 5) is 0. The fourth-order valence-corrected chi connectivity index (χ4v) is 2.62. The highest BCUT2D eigenvalue weighted by atomic mass is 19.1. The van der Waals surface area contributed by atoms with Gasteiger partial charge in [-0.25, -0.2) is 4.39 Å². The van der Waals surface area contributed by atoms with E-state index in [0.29, 0.717) is 17.9 Å². The zero-order chi connectivity index (χ0) is 19.2. The van der Waals surface area contributed by atoms with E-state index in [1.807, 2.05) is 31.2 Å². The van der Waals surface area contributed by atoms with E-state index in [1.165, 1.54) is 6.07 Å². The van der Waals surface area contributed by atoms with Crippen LogP contribution in [0.2, 0.25) is 0 Å². The predicted octanol–water partition coefficient (Wildman–Crippen LogP) is 5.36. The molecule has 0 saturated carbocycles. The van der Waals surface area contributed by atoms with Gasteiger partial charge < -0.3 is 15.2 Å². The number of benzene rings is 3. The van der Waals surface area contributed by atoms with E-state index in [2.05, 4.69) is 0 Å². The first-order valence-corrected chi connectivity index (χ1v) is 8.72. The van der Waals surface area contributed by atoms with Gasteiger partial charge in [0.25, 0.3) is 0 Å². The Bertz CT molecular complexity index is 957. The number of rotatable bonds is 7. The first kappa shape index (κ1) is 18.5. The minimum absolute atomic E-state index is 0.0892. The molecule has 0 aliphatic heterocycles. The Hall–Kier alpha value is -3.34. The molecule has 0 unspecified atom stereocenters. The van der Waals surface area contributed by atoms with Gasteiger partial charge >= 0.3 is 0 Å². The molecule has 0 aliphatic carbocycles. The van der Waals surface area contributed by atoms with Crippen molar-refractivity contribution < 1.29 is 13.9 Å². The average molecular weight is 364 g/mol. The Morgan fingerprint density at radius 2 is 1.74 bits per heavy atom. The van der Waals surface area contributed by atoms with E-state index in [9.17, 15) is 4.39 Å². The van der Waals surface area contributed by atoms with Crippen LogP contribution in [0.15, 0.2) is 66.7 Å². The highest BCUT2D eigenvalue weighted by Crippen LogP contribution is 2.31. The lowest BCUT2D eigenvalue weighted by Crippen LogP contribution is -2.11. The molecule has 0 atom stereocenters. The lowest BCUT2D eigenvalue weighted by molar-refractivity contribution is 0.317. The molecule has 0 spiro atoms. The molecule has 0 heterocycles. The van der Waals surface area contributed by atoms with Crippen LogP contribution in [0.4, 0.5) is 4.39 Å². The van der Waals surface area contributed by atoms with Crippen molar-refractivity contribution in [2.45, 2.75) is 13.3 Å². The zero-order valence-electron chi connectivity index (χ0n) is 15.0. The second-order valence-corrected chi connectivity index (χ2v) is 6.07. The van der Waals surface area contributed by atoms with Gasteiger partial charge in [-0.05, 0) is 60.0 Å². The first-order chi connectivity index (χ1) is 13.1. The largest absolute Gasteiger partial charge is 0.494 e. The van der Waals surface area contributed by atoms with Crippen molar-refractivity contribution in [3.8, 4) is 28.4 Å². The SMILES string of the molecule is CCCOc1cccc(-c2cc(Oc3ccccc3F)cc(C(=N)N)c2)c1. The average Bonchev–Trinajstić information content (AvgIpc) is 2.68. The van der Waals surface area contributed by atoms with E-state index < -0.39 is 5.82 Å². The van der Waals surface area contributed by atoms with Crippen LogP contribution in [0.5, 0.6) is 17.2 Å². The maximum absolute atomic E-state index is 13.9. The van der Waals surface area contributed by atoms with Crippen LogP contribution in [-0.4, -0.2) is 12.4 Å². The van der Waals surface area contributed by atoms with Gasteiger partial charge in [0.2, 0.25) is 0 Å². The Labute approximate surface area is 157 Å². The van der Waals surface area contributed by atoms with Gasteiger partial charge in [0.1, 0.15) is 17.3 Å². The number of ether oxygens (including phenoxy) is 2. The molecule has 4 nitrogen and oxygen atoms in total. The van der Waals surface area contributed by atoms with Gasteiger partial charge in [-0.15, -0.1) is 0 Å². The van der Waals surface area contributed by atoms with Gasteiger partial charge in [0.15, 0.2) is 11.6 Å². The van der Waals surface area contributed by atoms with Crippen LogP contribution in [0.3, 0.4) is 0 Å². The van der Waals surface area contributed by atoms with E-state index in [1.54, 1.807) is 36.4 Å². The van der Waals surface area contributed by atoms with Gasteiger partial charge in [-0.2, -0.15) is 0 Å². The van der Waals surface area contributed by atoms with E-state index in [4.69, 9.17) is 20.6 Å². The highest BCUT2D eigenvalue weighted by Gasteiger charge is 2.10. The number of nitrogens with one attached hydrogen (secondary N) is 1. The fourth-order valence-electron chi connectivity index (χ4n) is 2.62. The van der Waals surface area contributed by atoms with Gasteiger partial charge in [0, 0.05) is 5.56 Å². The third kappa shape index (κ3) is 4.64. The summed E-state index contributed by atoms with van der Waals surface area (Å²) in [6, 6.07) is 19.0. The fraction of sp³-hybridized carbons (Fsp3) is 0.136. The first-order valence-electron chi connectivity index (χ1n) is 8.72. The lowest BCUT2D eigenvalue weighted by Gasteiger charge is -2.12. The number of halogens is 1. The van der Waals surface area contributed by atoms with E-state index in [0.717, 1.165) is 23.3 Å². The minimum atomic E-state index is -0.456. The summed E-state index contributed by atoms with van der Waals surface area (Å²) < 4.78 is 25.3. The van der Waals surface area contributed by atoms with Crippen LogP contribution in [0.1, 0.15) is 18.9 Å². The molecular formula is C22H21FN2O2. The normalized spacial score (nSPS) is 10.4. The van der Waals surface area contributed by atoms with Gasteiger partial charge in [-0.1, -0.05) is 31.2 Å². The summed E-state index contributed by atoms with van der Waals surface area (Å²) in [5, 5.41) is 7.77. The number of hydrogen-bond acceptors (Lipinski definition) is 3. The van der Waals surface area contributed by atoms with E-state index in [-0.39, 0.29) is 11.6 Å². The summed E-state index contributed by atoms with van der Waals surface area (Å²) in [5.74, 6) is 0.738. The highest BCUT2D eigenvalue weighted by molar-refractivity contribution is 5.96. The smallest absolute Gasteiger partial charge is 0.165 e. The number of para-hydroxylation sites is 1. The van der Waals surface area contributed by atoms with Crippen molar-refractivity contribution in [1.82, 2.24) is 0 Å². The molecule has 3 aromatic rings. The molecular weight excluding hydrogens is 343 g/mol. The van der Waals surface area contributed by atoms with Crippen LogP contribution >= 0.6 is 0 Å². The second kappa shape index (κ2) is 8.36. The molecule has 27 heavy (non-hydrogen) atoms. The topological polar surface area (TPSA) is 68.3 Å². The summed E-state index contributed by atoms with van der Waals surface area (Å²) in [6.07, 6.45) is 0.921. The number of nitrogen functional groups attached to an aromatic ring is 1. The van der Waals surface area contributed by atoms with Crippen molar-refractivity contribution in [2.24, 2.45) is 5.73 Å². The predicted molar refractivity (Wildman–Crippen MR) is 105 cm³/mol. The van der Waals surface area contributed by atoms with E-state index >= 15 is 0 Å². The number of hydrogen-bond donors (Lipinski definition) is 2. The van der Waals surface area contributed by atoms with Crippen LogP contribution < -0.4 is 15.2 Å². The number of nitrogens with two attached hydrogens (primary N) is 1. The maximum atomic E-state index is 13.9. The molecule has 3 N–H and O–H groups in total. The molecule has 0 amide bonds. The third-order valence-corrected chi connectivity index (χ3v) is 3.92. The molecule has 0 radical (unpaired) electrons. The summed E-state index contributed by atoms with van der Waals surface area (Å²) in [7, 11) is 0. The van der Waals surface area contributed by atoms with Gasteiger partial charge in [-0.3, -0.25) is 5.41 Å². The van der Waals surface area contributed by atoms with Crippen molar-refractivity contribution in [3.63, 3.8) is 0 Å². The maximum Gasteiger partial charge on any atom is 0.165 e. The summed E-state index contributed by atoms with van der Waals surface area (Å²) >= 11 is 0. The molecule has 5 heteroatoms. The standard InChI is InChI=1S/C22H21FN2O2/c1-2-10-26-18-7-5-6-15(12-18)16-11-17(22(24)25)14-19(13-16)27-21-9-4-3-8-20(21)23/h3-9,11-14H,2,10H2,1H3,(H3,24,25). The van der Waals surface area contributed by atoms with Crippen LogP contribution in [0, 0.1) is 11.2 Å². The Morgan fingerprint density at radius 3 is 2.48 bits per heavy atom. The summed E-state index contributed by atoms with van der Waals surface area (Å²) in [5.41, 5.74) is 7.87. The van der Waals surface area contributed by atoms with Crippen molar-refractivity contribution in [1.29, 1.82) is 5.41 Å². The minimum Gasteiger partial charge on any atom is -0.494 e. The molecule has 0 aromatic heterocycles. The van der Waals surface area contributed by atoms with Crippen molar-refractivity contribution >= 4 is 5.84 Å². The zero-order valence-corrected chi connectivity index (χ0v) is 15.0. The van der Waals surface area contributed by atoms with Crippen molar-refractivity contribution in [3.05, 3.63) is 78.1 Å². The molecule has 0 aliphatic rings. The Balaban J connectivity index is 1.99. The molecule has 0 bridgehead atoms. The molecule has 3 aromatic carbocycles. The monoisotopic (exact) mass is 364 g/mol. The van der Waals surface area contributed by atoms with Crippen molar-refractivity contribution in [2.75, 3.05) is 6.61 Å². The molecule has 3 rings (SSSR count). The third-order valence-electron chi connectivity index (χ3n) is 3.92. The molecule has 0 fully saturated rings. The molecule has 138 valence electrons. The quantitative estimate of drug-likeness (QED) is 0.438. The lowest BCUT2D eigenvalue weighted by atomic mass is 10.0. The molecule has 0 saturated heterocycles.